The highest BCUT2D eigenvalue weighted by atomic mass is 35.5. The van der Waals surface area contributed by atoms with E-state index < -0.39 is 0 Å². The summed E-state index contributed by atoms with van der Waals surface area (Å²) < 4.78 is 0. The van der Waals surface area contributed by atoms with Gasteiger partial charge in [-0.3, -0.25) is 4.79 Å². The van der Waals surface area contributed by atoms with Crippen LogP contribution in [0.3, 0.4) is 0 Å². The van der Waals surface area contributed by atoms with E-state index in [9.17, 15) is 4.79 Å². The summed E-state index contributed by atoms with van der Waals surface area (Å²) in [7, 11) is 0. The number of benzene rings is 1. The zero-order valence-electron chi connectivity index (χ0n) is 12.5. The minimum Gasteiger partial charge on any atom is -0.334 e. The molecule has 1 atom stereocenters. The molecule has 1 aromatic rings. The van der Waals surface area contributed by atoms with Gasteiger partial charge < -0.3 is 10.2 Å². The van der Waals surface area contributed by atoms with Crippen LogP contribution in [0, 0.1) is 5.92 Å². The molecule has 1 heterocycles. The van der Waals surface area contributed by atoms with Gasteiger partial charge in [0.1, 0.15) is 0 Å². The van der Waals surface area contributed by atoms with Crippen LogP contribution in [0.15, 0.2) is 18.2 Å². The van der Waals surface area contributed by atoms with E-state index in [2.05, 4.69) is 19.2 Å². The van der Waals surface area contributed by atoms with Crippen molar-refractivity contribution in [3.05, 3.63) is 33.8 Å². The second-order valence-electron chi connectivity index (χ2n) is 5.96. The van der Waals surface area contributed by atoms with Crippen LogP contribution in [-0.2, 0) is 0 Å². The number of rotatable bonds is 5. The average molecular weight is 329 g/mol. The fourth-order valence-electron chi connectivity index (χ4n) is 2.55. The van der Waals surface area contributed by atoms with Gasteiger partial charge >= 0.3 is 0 Å². The Morgan fingerprint density at radius 2 is 2.14 bits per heavy atom. The van der Waals surface area contributed by atoms with Crippen LogP contribution < -0.4 is 5.32 Å². The van der Waals surface area contributed by atoms with Crippen LogP contribution in [0.2, 0.25) is 10.0 Å². The van der Waals surface area contributed by atoms with Crippen LogP contribution >= 0.6 is 23.2 Å². The maximum Gasteiger partial charge on any atom is 0.254 e. The van der Waals surface area contributed by atoms with E-state index in [0.717, 1.165) is 32.5 Å². The molecule has 0 saturated carbocycles. The molecular weight excluding hydrogens is 307 g/mol. The van der Waals surface area contributed by atoms with Gasteiger partial charge in [0.15, 0.2) is 0 Å². The molecule has 1 aromatic carbocycles. The van der Waals surface area contributed by atoms with Gasteiger partial charge in [0.2, 0.25) is 0 Å². The lowest BCUT2D eigenvalue weighted by Crippen LogP contribution is -2.42. The zero-order chi connectivity index (χ0) is 15.4. The Balaban J connectivity index is 2.17. The molecular formula is C16H22Cl2N2O. The van der Waals surface area contributed by atoms with Gasteiger partial charge in [-0.05, 0) is 43.5 Å². The van der Waals surface area contributed by atoms with Gasteiger partial charge in [-0.1, -0.05) is 37.0 Å². The van der Waals surface area contributed by atoms with Crippen LogP contribution in [0.25, 0.3) is 0 Å². The van der Waals surface area contributed by atoms with Crippen molar-refractivity contribution < 1.29 is 4.79 Å². The molecule has 1 N–H and O–H groups in total. The fraction of sp³-hybridized carbons (Fsp3) is 0.562. The molecule has 1 saturated heterocycles. The number of halogens is 2. The first-order chi connectivity index (χ1) is 9.99. The first kappa shape index (κ1) is 16.6. The maximum atomic E-state index is 12.8. The van der Waals surface area contributed by atoms with Crippen molar-refractivity contribution in [2.24, 2.45) is 5.92 Å². The molecule has 116 valence electrons. The summed E-state index contributed by atoms with van der Waals surface area (Å²) >= 11 is 12.0. The lowest BCUT2D eigenvalue weighted by molar-refractivity contribution is 0.0683. The molecule has 0 spiro atoms. The predicted octanol–water partition coefficient (Wildman–Crippen LogP) is 3.84. The summed E-state index contributed by atoms with van der Waals surface area (Å²) in [6.07, 6.45) is 2.01. The largest absolute Gasteiger partial charge is 0.334 e. The molecule has 0 aromatic heterocycles. The minimum absolute atomic E-state index is 0.0444. The van der Waals surface area contributed by atoms with Gasteiger partial charge in [0.25, 0.3) is 5.91 Å². The number of carbonyl (C=O) groups is 1. The Bertz CT molecular complexity index is 499. The molecule has 0 aliphatic carbocycles. The monoisotopic (exact) mass is 328 g/mol. The molecule has 1 amide bonds. The topological polar surface area (TPSA) is 32.3 Å². The highest BCUT2D eigenvalue weighted by molar-refractivity contribution is 6.42. The van der Waals surface area contributed by atoms with E-state index in [1.54, 1.807) is 18.2 Å². The van der Waals surface area contributed by atoms with Crippen LogP contribution in [0.4, 0.5) is 0 Å². The van der Waals surface area contributed by atoms with E-state index in [0.29, 0.717) is 21.5 Å². The Morgan fingerprint density at radius 1 is 1.38 bits per heavy atom. The average Bonchev–Trinajstić information content (AvgIpc) is 2.95. The van der Waals surface area contributed by atoms with E-state index in [1.807, 2.05) is 4.90 Å². The molecule has 0 radical (unpaired) electrons. The Labute approximate surface area is 136 Å². The molecule has 5 heteroatoms. The van der Waals surface area contributed by atoms with Crippen LogP contribution in [0.1, 0.15) is 37.0 Å². The van der Waals surface area contributed by atoms with Crippen molar-refractivity contribution in [3.63, 3.8) is 0 Å². The number of hydrogen-bond acceptors (Lipinski definition) is 2. The highest BCUT2D eigenvalue weighted by Gasteiger charge is 2.27. The Morgan fingerprint density at radius 3 is 2.71 bits per heavy atom. The predicted molar refractivity (Wildman–Crippen MR) is 88.2 cm³/mol. The molecule has 2 rings (SSSR count). The van der Waals surface area contributed by atoms with Crippen LogP contribution in [0.5, 0.6) is 0 Å². The molecule has 21 heavy (non-hydrogen) atoms. The first-order valence-electron chi connectivity index (χ1n) is 7.45. The molecule has 0 bridgehead atoms. The summed E-state index contributed by atoms with van der Waals surface area (Å²) in [6, 6.07) is 5.37. The minimum atomic E-state index is 0.0444. The SMILES string of the molecule is CC(C)CCN(C(=O)c1ccc(Cl)c(Cl)c1)C1CCNC1. The third-order valence-corrected chi connectivity index (χ3v) is 4.59. The molecule has 3 nitrogen and oxygen atoms in total. The second-order valence-corrected chi connectivity index (χ2v) is 6.77. The number of nitrogens with one attached hydrogen (secondary N) is 1. The number of nitrogens with zero attached hydrogens (tertiary/aromatic N) is 1. The number of amides is 1. The summed E-state index contributed by atoms with van der Waals surface area (Å²) in [5, 5.41) is 4.23. The first-order valence-corrected chi connectivity index (χ1v) is 8.21. The molecule has 1 aliphatic heterocycles. The number of carbonyl (C=O) groups excluding carboxylic acids is 1. The standard InChI is InChI=1S/C16H22Cl2N2O/c1-11(2)6-8-20(13-5-7-19-10-13)16(21)12-3-4-14(17)15(18)9-12/h3-4,9,11,13,19H,5-8,10H2,1-2H3. The smallest absolute Gasteiger partial charge is 0.254 e. The Hall–Kier alpha value is -0.770. The quantitative estimate of drug-likeness (QED) is 0.890. The van der Waals surface area contributed by atoms with Gasteiger partial charge in [-0.25, -0.2) is 0 Å². The number of hydrogen-bond donors (Lipinski definition) is 1. The zero-order valence-corrected chi connectivity index (χ0v) is 14.0. The molecule has 1 unspecified atom stereocenters. The highest BCUT2D eigenvalue weighted by Crippen LogP contribution is 2.24. The van der Waals surface area contributed by atoms with Crippen molar-refractivity contribution in [1.29, 1.82) is 0 Å². The summed E-state index contributed by atoms with van der Waals surface area (Å²) in [5.41, 5.74) is 0.611. The van der Waals surface area contributed by atoms with E-state index in [1.165, 1.54) is 0 Å². The van der Waals surface area contributed by atoms with Gasteiger partial charge in [0.05, 0.1) is 10.0 Å². The van der Waals surface area contributed by atoms with E-state index in [-0.39, 0.29) is 11.9 Å². The fourth-order valence-corrected chi connectivity index (χ4v) is 2.85. The van der Waals surface area contributed by atoms with Crippen molar-refractivity contribution in [2.75, 3.05) is 19.6 Å². The lowest BCUT2D eigenvalue weighted by Gasteiger charge is -2.29. The lowest BCUT2D eigenvalue weighted by atomic mass is 10.1. The van der Waals surface area contributed by atoms with Gasteiger partial charge in [-0.15, -0.1) is 0 Å². The second kappa shape index (κ2) is 7.48. The van der Waals surface area contributed by atoms with Gasteiger partial charge in [-0.2, -0.15) is 0 Å². The van der Waals surface area contributed by atoms with E-state index in [4.69, 9.17) is 23.2 Å². The molecule has 1 aliphatic rings. The summed E-state index contributed by atoms with van der Waals surface area (Å²) in [4.78, 5) is 14.8. The Kier molecular flexibility index (Phi) is 5.91. The third kappa shape index (κ3) is 4.35. The molecule has 1 fully saturated rings. The van der Waals surface area contributed by atoms with E-state index >= 15 is 0 Å². The van der Waals surface area contributed by atoms with Crippen molar-refractivity contribution in [1.82, 2.24) is 10.2 Å². The van der Waals surface area contributed by atoms with Crippen molar-refractivity contribution in [2.45, 2.75) is 32.7 Å². The summed E-state index contributed by atoms with van der Waals surface area (Å²) in [6.45, 7) is 6.97. The maximum absolute atomic E-state index is 12.8. The van der Waals surface area contributed by atoms with Crippen molar-refractivity contribution in [3.8, 4) is 0 Å². The van der Waals surface area contributed by atoms with Crippen LogP contribution in [-0.4, -0.2) is 36.5 Å². The van der Waals surface area contributed by atoms with Gasteiger partial charge in [0, 0.05) is 24.7 Å². The van der Waals surface area contributed by atoms with Crippen molar-refractivity contribution >= 4 is 29.1 Å². The summed E-state index contributed by atoms with van der Waals surface area (Å²) in [5.74, 6) is 0.617. The normalized spacial score (nSPS) is 18.2. The third-order valence-electron chi connectivity index (χ3n) is 3.85.